The van der Waals surface area contributed by atoms with Crippen LogP contribution in [0.3, 0.4) is 0 Å². The fourth-order valence-electron chi connectivity index (χ4n) is 3.65. The highest BCUT2D eigenvalue weighted by Crippen LogP contribution is 2.26. The van der Waals surface area contributed by atoms with Crippen LogP contribution in [0, 0.1) is 0 Å². The highest BCUT2D eigenvalue weighted by molar-refractivity contribution is 6.30. The molecule has 138 valence electrons. The van der Waals surface area contributed by atoms with Crippen LogP contribution in [0.1, 0.15) is 36.8 Å². The van der Waals surface area contributed by atoms with Crippen molar-refractivity contribution < 1.29 is 9.18 Å². The maximum absolute atomic E-state index is 13.5. The van der Waals surface area contributed by atoms with Crippen molar-refractivity contribution in [3.05, 3.63) is 45.4 Å². The number of halogens is 2. The van der Waals surface area contributed by atoms with Gasteiger partial charge in [-0.1, -0.05) is 11.6 Å². The number of pyridine rings is 1. The molecular formula is C17H19ClFN5O2. The smallest absolute Gasteiger partial charge is 0.338 e. The number of nitrogens with zero attached hydrogens (tertiary/aromatic N) is 5. The second kappa shape index (κ2) is 6.83. The van der Waals surface area contributed by atoms with Gasteiger partial charge < -0.3 is 4.90 Å². The Morgan fingerprint density at radius 1 is 1.35 bits per heavy atom. The summed E-state index contributed by atoms with van der Waals surface area (Å²) in [5.41, 5.74) is 0.334. The summed E-state index contributed by atoms with van der Waals surface area (Å²) >= 11 is 5.84. The first-order valence-electron chi connectivity index (χ1n) is 8.74. The fraction of sp³-hybridized carbons (Fsp3) is 0.529. The van der Waals surface area contributed by atoms with Gasteiger partial charge in [-0.3, -0.25) is 14.3 Å². The Morgan fingerprint density at radius 3 is 2.88 bits per heavy atom. The molecule has 2 aliphatic heterocycles. The number of hydrogen-bond donors (Lipinski definition) is 0. The zero-order valence-electron chi connectivity index (χ0n) is 14.1. The molecule has 0 N–H and O–H groups in total. The van der Waals surface area contributed by atoms with Crippen LogP contribution in [0.4, 0.5) is 4.39 Å². The third-order valence-electron chi connectivity index (χ3n) is 4.96. The van der Waals surface area contributed by atoms with E-state index in [1.54, 1.807) is 12.1 Å². The molecule has 1 amide bonds. The third kappa shape index (κ3) is 3.13. The van der Waals surface area contributed by atoms with Crippen molar-refractivity contribution in [1.82, 2.24) is 24.2 Å². The highest BCUT2D eigenvalue weighted by atomic mass is 35.5. The SMILES string of the molecule is O=C([C@@H]1CCCc2nn(Cc3ccc(Cl)cn3)c(=O)n21)N1CC[C@H](F)C1. The van der Waals surface area contributed by atoms with E-state index in [0.717, 1.165) is 6.42 Å². The molecule has 1 fully saturated rings. The van der Waals surface area contributed by atoms with Gasteiger partial charge in [0.15, 0.2) is 0 Å². The molecule has 2 aliphatic rings. The molecule has 0 saturated carbocycles. The third-order valence-corrected chi connectivity index (χ3v) is 5.18. The summed E-state index contributed by atoms with van der Waals surface area (Å²) in [6.07, 6.45) is 2.90. The molecule has 1 saturated heterocycles. The van der Waals surface area contributed by atoms with Gasteiger partial charge in [0.1, 0.15) is 18.0 Å². The summed E-state index contributed by atoms with van der Waals surface area (Å²) in [6, 6.07) is 2.85. The van der Waals surface area contributed by atoms with Crippen LogP contribution in [-0.4, -0.2) is 49.4 Å². The number of fused-ring (bicyclic) bond motifs is 1. The van der Waals surface area contributed by atoms with Crippen molar-refractivity contribution in [3.8, 4) is 0 Å². The van der Waals surface area contributed by atoms with Gasteiger partial charge in [0.25, 0.3) is 0 Å². The topological polar surface area (TPSA) is 73.0 Å². The molecule has 0 spiro atoms. The monoisotopic (exact) mass is 379 g/mol. The quantitative estimate of drug-likeness (QED) is 0.811. The van der Waals surface area contributed by atoms with Gasteiger partial charge >= 0.3 is 5.69 Å². The standard InChI is InChI=1S/C17H19ClFN5O2/c18-11-4-5-13(20-8-11)10-23-17(26)24-14(2-1-3-15(24)21-23)16(25)22-7-6-12(19)9-22/h4-5,8,12,14H,1-3,6-7,9-10H2/t12-,14-/m0/s1. The molecule has 2 atom stereocenters. The lowest BCUT2D eigenvalue weighted by Crippen LogP contribution is -2.41. The lowest BCUT2D eigenvalue weighted by Gasteiger charge is -2.26. The fourth-order valence-corrected chi connectivity index (χ4v) is 3.76. The molecule has 7 nitrogen and oxygen atoms in total. The number of carbonyl (C=O) groups excluding carboxylic acids is 1. The van der Waals surface area contributed by atoms with E-state index in [0.29, 0.717) is 42.3 Å². The van der Waals surface area contributed by atoms with Crippen molar-refractivity contribution in [1.29, 1.82) is 0 Å². The number of hydrogen-bond acceptors (Lipinski definition) is 4. The molecular weight excluding hydrogens is 361 g/mol. The predicted molar refractivity (Wildman–Crippen MR) is 92.9 cm³/mol. The van der Waals surface area contributed by atoms with Crippen LogP contribution in [0.5, 0.6) is 0 Å². The summed E-state index contributed by atoms with van der Waals surface area (Å²) in [5.74, 6) is 0.418. The summed E-state index contributed by atoms with van der Waals surface area (Å²) in [6.45, 7) is 0.735. The van der Waals surface area contributed by atoms with Crippen LogP contribution in [0.25, 0.3) is 0 Å². The van der Waals surface area contributed by atoms with E-state index >= 15 is 0 Å². The molecule has 0 bridgehead atoms. The molecule has 2 aromatic heterocycles. The Kier molecular flexibility index (Phi) is 4.52. The lowest BCUT2D eigenvalue weighted by molar-refractivity contribution is -0.134. The Labute approximate surface area is 154 Å². The number of likely N-dealkylation sites (tertiary alicyclic amines) is 1. The average molecular weight is 380 g/mol. The Hall–Kier alpha value is -2.22. The Balaban J connectivity index is 1.62. The molecule has 9 heteroatoms. The number of aryl methyl sites for hydroxylation is 1. The molecule has 0 aliphatic carbocycles. The van der Waals surface area contributed by atoms with Crippen LogP contribution in [-0.2, 0) is 17.8 Å². The first-order chi connectivity index (χ1) is 12.5. The first-order valence-corrected chi connectivity index (χ1v) is 9.12. The molecule has 0 aromatic carbocycles. The molecule has 26 heavy (non-hydrogen) atoms. The minimum atomic E-state index is -0.975. The predicted octanol–water partition coefficient (Wildman–Crippen LogP) is 1.59. The van der Waals surface area contributed by atoms with Crippen LogP contribution in [0.2, 0.25) is 5.02 Å². The normalized spacial score (nSPS) is 22.5. The van der Waals surface area contributed by atoms with Gasteiger partial charge in [-0.25, -0.2) is 13.9 Å². The lowest BCUT2D eigenvalue weighted by atomic mass is 10.0. The van der Waals surface area contributed by atoms with E-state index in [9.17, 15) is 14.0 Å². The molecule has 4 heterocycles. The number of aromatic nitrogens is 4. The van der Waals surface area contributed by atoms with Gasteiger partial charge in [0.05, 0.1) is 23.8 Å². The van der Waals surface area contributed by atoms with E-state index in [4.69, 9.17) is 11.6 Å². The first kappa shape index (κ1) is 17.2. The van der Waals surface area contributed by atoms with Crippen molar-refractivity contribution in [3.63, 3.8) is 0 Å². The van der Waals surface area contributed by atoms with Crippen LogP contribution < -0.4 is 5.69 Å². The van der Waals surface area contributed by atoms with Crippen molar-refractivity contribution in [2.24, 2.45) is 0 Å². The maximum Gasteiger partial charge on any atom is 0.347 e. The minimum absolute atomic E-state index is 0.113. The van der Waals surface area contributed by atoms with Gasteiger partial charge in [-0.05, 0) is 31.4 Å². The zero-order chi connectivity index (χ0) is 18.3. The van der Waals surface area contributed by atoms with E-state index in [1.807, 2.05) is 0 Å². The van der Waals surface area contributed by atoms with Gasteiger partial charge in [-0.15, -0.1) is 0 Å². The largest absolute Gasteiger partial charge is 0.347 e. The van der Waals surface area contributed by atoms with Gasteiger partial charge in [0.2, 0.25) is 5.91 Å². The van der Waals surface area contributed by atoms with E-state index in [1.165, 1.54) is 20.3 Å². The van der Waals surface area contributed by atoms with Gasteiger partial charge in [0, 0.05) is 19.2 Å². The van der Waals surface area contributed by atoms with E-state index < -0.39 is 12.2 Å². The second-order valence-corrected chi connectivity index (χ2v) is 7.21. The summed E-state index contributed by atoms with van der Waals surface area (Å²) in [5, 5.41) is 4.91. The molecule has 4 rings (SSSR count). The van der Waals surface area contributed by atoms with Gasteiger partial charge in [-0.2, -0.15) is 5.10 Å². The Bertz CT molecular complexity index is 878. The van der Waals surface area contributed by atoms with Crippen molar-refractivity contribution in [2.75, 3.05) is 13.1 Å². The number of rotatable bonds is 3. The molecule has 0 radical (unpaired) electrons. The summed E-state index contributed by atoms with van der Waals surface area (Å²) in [4.78, 5) is 31.4. The van der Waals surface area contributed by atoms with E-state index in [-0.39, 0.29) is 24.7 Å². The van der Waals surface area contributed by atoms with Crippen LogP contribution in [0.15, 0.2) is 23.1 Å². The minimum Gasteiger partial charge on any atom is -0.338 e. The molecule has 0 unspecified atom stereocenters. The van der Waals surface area contributed by atoms with E-state index in [2.05, 4.69) is 10.1 Å². The summed E-state index contributed by atoms with van der Waals surface area (Å²) in [7, 11) is 0. The number of amides is 1. The maximum atomic E-state index is 13.5. The van der Waals surface area contributed by atoms with Crippen molar-refractivity contribution >= 4 is 17.5 Å². The number of carbonyl (C=O) groups is 1. The van der Waals surface area contributed by atoms with Crippen molar-refractivity contribution in [2.45, 2.75) is 44.4 Å². The summed E-state index contributed by atoms with van der Waals surface area (Å²) < 4.78 is 16.3. The highest BCUT2D eigenvalue weighted by Gasteiger charge is 2.36. The number of alkyl halides is 1. The Morgan fingerprint density at radius 2 is 2.19 bits per heavy atom. The second-order valence-electron chi connectivity index (χ2n) is 6.77. The zero-order valence-corrected chi connectivity index (χ0v) is 14.9. The average Bonchev–Trinajstić information content (AvgIpc) is 3.20. The molecule has 2 aromatic rings. The van der Waals surface area contributed by atoms with Crippen LogP contribution >= 0.6 is 11.6 Å².